The Morgan fingerprint density at radius 1 is 1.41 bits per heavy atom. The Morgan fingerprint density at radius 3 is 2.71 bits per heavy atom. The lowest BCUT2D eigenvalue weighted by Crippen LogP contribution is -2.02. The van der Waals surface area contributed by atoms with E-state index in [9.17, 15) is 9.90 Å². The number of nitrogens with zero attached hydrogens (tertiary/aromatic N) is 1. The van der Waals surface area contributed by atoms with Crippen LogP contribution >= 0.6 is 0 Å². The third-order valence-electron chi connectivity index (χ3n) is 2.91. The van der Waals surface area contributed by atoms with Crippen LogP contribution in [0.3, 0.4) is 0 Å². The van der Waals surface area contributed by atoms with Crippen molar-refractivity contribution in [2.45, 2.75) is 27.3 Å². The van der Waals surface area contributed by atoms with Crippen LogP contribution in [0.5, 0.6) is 0 Å². The van der Waals surface area contributed by atoms with Gasteiger partial charge in [-0.2, -0.15) is 0 Å². The van der Waals surface area contributed by atoms with E-state index in [1.807, 2.05) is 29.7 Å². The molecule has 0 aliphatic rings. The fraction of sp³-hybridized carbons (Fsp3) is 0.357. The third-order valence-corrected chi connectivity index (χ3v) is 2.91. The van der Waals surface area contributed by atoms with Gasteiger partial charge in [-0.3, -0.25) is 0 Å². The van der Waals surface area contributed by atoms with Crippen LogP contribution in [0.1, 0.15) is 29.8 Å². The van der Waals surface area contributed by atoms with Gasteiger partial charge in [-0.15, -0.1) is 0 Å². The van der Waals surface area contributed by atoms with Crippen molar-refractivity contribution in [1.82, 2.24) is 4.57 Å². The van der Waals surface area contributed by atoms with Crippen LogP contribution in [0.15, 0.2) is 24.4 Å². The maximum Gasteiger partial charge on any atom is 0.337 e. The summed E-state index contributed by atoms with van der Waals surface area (Å²) in [4.78, 5) is 11.3. The van der Waals surface area contributed by atoms with Crippen molar-refractivity contribution in [3.05, 3.63) is 35.5 Å². The molecule has 2 rings (SSSR count). The first-order valence-corrected chi connectivity index (χ1v) is 5.82. The molecule has 0 spiro atoms. The molecule has 1 aromatic carbocycles. The number of rotatable bonds is 3. The fourth-order valence-electron chi connectivity index (χ4n) is 2.24. The van der Waals surface area contributed by atoms with Gasteiger partial charge in [0, 0.05) is 23.6 Å². The summed E-state index contributed by atoms with van der Waals surface area (Å²) in [6.07, 6.45) is 1.75. The van der Waals surface area contributed by atoms with Gasteiger partial charge in [0.05, 0.1) is 5.56 Å². The number of benzene rings is 1. The average Bonchev–Trinajstić information content (AvgIpc) is 2.58. The SMILES string of the molecule is Cc1cccc2c1c(C(=O)O)cn2CC(C)C. The van der Waals surface area contributed by atoms with E-state index in [1.54, 1.807) is 6.20 Å². The summed E-state index contributed by atoms with van der Waals surface area (Å²) in [5.41, 5.74) is 2.43. The molecular weight excluding hydrogens is 214 g/mol. The molecule has 0 radical (unpaired) electrons. The predicted octanol–water partition coefficient (Wildman–Crippen LogP) is 3.30. The first kappa shape index (κ1) is 11.7. The molecule has 1 heterocycles. The first-order valence-electron chi connectivity index (χ1n) is 5.82. The van der Waals surface area contributed by atoms with Gasteiger partial charge in [-0.05, 0) is 24.5 Å². The molecule has 2 aromatic rings. The molecule has 1 aromatic heterocycles. The van der Waals surface area contributed by atoms with E-state index in [4.69, 9.17) is 0 Å². The lowest BCUT2D eigenvalue weighted by atomic mass is 10.1. The zero-order chi connectivity index (χ0) is 12.6. The number of aromatic nitrogens is 1. The Morgan fingerprint density at radius 2 is 2.12 bits per heavy atom. The predicted molar refractivity (Wildman–Crippen MR) is 68.5 cm³/mol. The fourth-order valence-corrected chi connectivity index (χ4v) is 2.24. The van der Waals surface area contributed by atoms with E-state index in [0.29, 0.717) is 11.5 Å². The van der Waals surface area contributed by atoms with Crippen LogP contribution in [0.4, 0.5) is 0 Å². The minimum atomic E-state index is -0.855. The topological polar surface area (TPSA) is 42.2 Å². The molecule has 0 saturated heterocycles. The zero-order valence-corrected chi connectivity index (χ0v) is 10.4. The number of carboxylic acids is 1. The van der Waals surface area contributed by atoms with Crippen molar-refractivity contribution in [3.63, 3.8) is 0 Å². The molecule has 0 saturated carbocycles. The van der Waals surface area contributed by atoms with Gasteiger partial charge in [-0.1, -0.05) is 26.0 Å². The highest BCUT2D eigenvalue weighted by Crippen LogP contribution is 2.25. The molecule has 0 aliphatic carbocycles. The summed E-state index contributed by atoms with van der Waals surface area (Å²) >= 11 is 0. The zero-order valence-electron chi connectivity index (χ0n) is 10.4. The van der Waals surface area contributed by atoms with Gasteiger partial charge in [0.15, 0.2) is 0 Å². The normalized spacial score (nSPS) is 11.3. The summed E-state index contributed by atoms with van der Waals surface area (Å²) in [6, 6.07) is 5.91. The van der Waals surface area contributed by atoms with E-state index < -0.39 is 5.97 Å². The van der Waals surface area contributed by atoms with Crippen LogP contribution in [0.2, 0.25) is 0 Å². The molecule has 3 heteroatoms. The molecule has 0 atom stereocenters. The number of hydrogen-bond acceptors (Lipinski definition) is 1. The quantitative estimate of drug-likeness (QED) is 0.880. The average molecular weight is 231 g/mol. The summed E-state index contributed by atoms with van der Waals surface area (Å²) in [5.74, 6) is -0.362. The Hall–Kier alpha value is -1.77. The maximum absolute atomic E-state index is 11.3. The van der Waals surface area contributed by atoms with Crippen LogP contribution in [0.25, 0.3) is 10.9 Å². The molecule has 0 amide bonds. The van der Waals surface area contributed by atoms with Gasteiger partial charge >= 0.3 is 5.97 Å². The first-order chi connectivity index (χ1) is 8.00. The lowest BCUT2D eigenvalue weighted by molar-refractivity contribution is 0.0698. The smallest absolute Gasteiger partial charge is 0.337 e. The Kier molecular flexibility index (Phi) is 2.92. The Bertz CT molecular complexity index is 567. The van der Waals surface area contributed by atoms with Gasteiger partial charge in [0.2, 0.25) is 0 Å². The standard InChI is InChI=1S/C14H17NO2/c1-9(2)7-15-8-11(14(16)17)13-10(3)5-4-6-12(13)15/h4-6,8-9H,7H2,1-3H3,(H,16,17). The molecule has 0 fully saturated rings. The van der Waals surface area contributed by atoms with E-state index in [0.717, 1.165) is 23.0 Å². The van der Waals surface area contributed by atoms with Crippen LogP contribution in [-0.4, -0.2) is 15.6 Å². The molecule has 3 nitrogen and oxygen atoms in total. The van der Waals surface area contributed by atoms with E-state index in [1.165, 1.54) is 0 Å². The van der Waals surface area contributed by atoms with E-state index in [-0.39, 0.29) is 0 Å². The molecule has 90 valence electrons. The van der Waals surface area contributed by atoms with E-state index in [2.05, 4.69) is 13.8 Å². The van der Waals surface area contributed by atoms with Gasteiger partial charge < -0.3 is 9.67 Å². The summed E-state index contributed by atoms with van der Waals surface area (Å²) in [5, 5.41) is 10.1. The number of carbonyl (C=O) groups is 1. The molecule has 0 bridgehead atoms. The Balaban J connectivity index is 2.71. The maximum atomic E-state index is 11.3. The minimum absolute atomic E-state index is 0.402. The number of carboxylic acid groups (broad SMARTS) is 1. The highest BCUT2D eigenvalue weighted by atomic mass is 16.4. The van der Waals surface area contributed by atoms with Gasteiger partial charge in [-0.25, -0.2) is 4.79 Å². The van der Waals surface area contributed by atoms with Crippen molar-refractivity contribution in [2.75, 3.05) is 0 Å². The van der Waals surface area contributed by atoms with Crippen LogP contribution in [0, 0.1) is 12.8 Å². The number of aromatic carboxylic acids is 1. The van der Waals surface area contributed by atoms with Crippen molar-refractivity contribution in [1.29, 1.82) is 0 Å². The van der Waals surface area contributed by atoms with E-state index >= 15 is 0 Å². The van der Waals surface area contributed by atoms with Crippen molar-refractivity contribution < 1.29 is 9.90 Å². The van der Waals surface area contributed by atoms with Crippen LogP contribution < -0.4 is 0 Å². The lowest BCUT2D eigenvalue weighted by Gasteiger charge is -2.08. The van der Waals surface area contributed by atoms with Gasteiger partial charge in [0.1, 0.15) is 0 Å². The number of hydrogen-bond donors (Lipinski definition) is 1. The second-order valence-corrected chi connectivity index (χ2v) is 4.86. The molecule has 0 unspecified atom stereocenters. The molecular formula is C14H17NO2. The van der Waals surface area contributed by atoms with Crippen molar-refractivity contribution >= 4 is 16.9 Å². The molecule has 1 N–H and O–H groups in total. The van der Waals surface area contributed by atoms with Crippen molar-refractivity contribution in [2.24, 2.45) is 5.92 Å². The summed E-state index contributed by atoms with van der Waals surface area (Å²) in [7, 11) is 0. The monoisotopic (exact) mass is 231 g/mol. The second-order valence-electron chi connectivity index (χ2n) is 4.86. The molecule has 0 aliphatic heterocycles. The Labute approximate surface area is 101 Å². The number of fused-ring (bicyclic) bond motifs is 1. The summed E-state index contributed by atoms with van der Waals surface area (Å²) < 4.78 is 2.04. The second kappa shape index (κ2) is 4.24. The van der Waals surface area contributed by atoms with Crippen LogP contribution in [-0.2, 0) is 6.54 Å². The van der Waals surface area contributed by atoms with Crippen molar-refractivity contribution in [3.8, 4) is 0 Å². The minimum Gasteiger partial charge on any atom is -0.478 e. The number of aryl methyl sites for hydroxylation is 1. The largest absolute Gasteiger partial charge is 0.478 e. The third kappa shape index (κ3) is 2.05. The van der Waals surface area contributed by atoms with Gasteiger partial charge in [0.25, 0.3) is 0 Å². The molecule has 17 heavy (non-hydrogen) atoms. The highest BCUT2D eigenvalue weighted by Gasteiger charge is 2.15. The highest BCUT2D eigenvalue weighted by molar-refractivity contribution is 6.04. The summed E-state index contributed by atoms with van der Waals surface area (Å²) in [6.45, 7) is 7.05.